The maximum Gasteiger partial charge on any atom is 0.233 e. The Morgan fingerprint density at radius 1 is 1.25 bits per heavy atom. The second-order valence-electron chi connectivity index (χ2n) is 7.19. The highest BCUT2D eigenvalue weighted by Crippen LogP contribution is 2.57. The van der Waals surface area contributed by atoms with Crippen molar-refractivity contribution in [3.05, 3.63) is 11.8 Å². The van der Waals surface area contributed by atoms with Crippen LogP contribution in [0.5, 0.6) is 0 Å². The van der Waals surface area contributed by atoms with Gasteiger partial charge in [0.2, 0.25) is 11.8 Å². The second kappa shape index (κ2) is 4.26. The van der Waals surface area contributed by atoms with Crippen molar-refractivity contribution in [2.75, 3.05) is 0 Å². The lowest BCUT2D eigenvalue weighted by molar-refractivity contribution is -0.0950. The van der Waals surface area contributed by atoms with Crippen molar-refractivity contribution >= 4 is 0 Å². The number of halogens is 1. The van der Waals surface area contributed by atoms with E-state index in [-0.39, 0.29) is 6.04 Å². The predicted molar refractivity (Wildman–Crippen MR) is 71.8 cm³/mol. The van der Waals surface area contributed by atoms with Crippen molar-refractivity contribution < 1.29 is 8.81 Å². The summed E-state index contributed by atoms with van der Waals surface area (Å²) in [6.07, 6.45) is 4.68. The number of hydrogen-bond donors (Lipinski definition) is 1. The van der Waals surface area contributed by atoms with E-state index in [1.54, 1.807) is 6.92 Å². The molecule has 0 radical (unpaired) electrons. The zero-order valence-electron chi connectivity index (χ0n) is 12.1. The quantitative estimate of drug-likeness (QED) is 0.924. The Morgan fingerprint density at radius 3 is 2.50 bits per heavy atom. The molecule has 5 heteroatoms. The van der Waals surface area contributed by atoms with Gasteiger partial charge in [-0.15, -0.1) is 10.2 Å². The van der Waals surface area contributed by atoms with Crippen molar-refractivity contribution in [3.8, 4) is 0 Å². The van der Waals surface area contributed by atoms with Gasteiger partial charge in [0.1, 0.15) is 5.67 Å². The molecule has 0 spiro atoms. The summed E-state index contributed by atoms with van der Waals surface area (Å²) in [5.74, 6) is 2.83. The fourth-order valence-electron chi connectivity index (χ4n) is 5.04. The largest absolute Gasteiger partial charge is 0.424 e. The van der Waals surface area contributed by atoms with Gasteiger partial charge in [-0.3, -0.25) is 0 Å². The van der Waals surface area contributed by atoms with Crippen LogP contribution in [0, 0.1) is 24.7 Å². The molecule has 3 unspecified atom stereocenters. The van der Waals surface area contributed by atoms with Crippen LogP contribution < -0.4 is 5.32 Å². The van der Waals surface area contributed by atoms with Crippen LogP contribution >= 0.6 is 0 Å². The summed E-state index contributed by atoms with van der Waals surface area (Å²) >= 11 is 0. The molecule has 4 saturated carbocycles. The molecule has 0 amide bonds. The molecule has 4 nitrogen and oxygen atoms in total. The Labute approximate surface area is 118 Å². The molecular weight excluding hydrogens is 257 g/mol. The molecule has 0 aliphatic heterocycles. The molecule has 0 aromatic carbocycles. The van der Waals surface area contributed by atoms with Gasteiger partial charge in [-0.25, -0.2) is 4.39 Å². The molecule has 1 heterocycles. The monoisotopic (exact) mass is 279 g/mol. The lowest BCUT2D eigenvalue weighted by Crippen LogP contribution is -2.59. The normalized spacial score (nSPS) is 44.0. The van der Waals surface area contributed by atoms with Gasteiger partial charge in [0.25, 0.3) is 0 Å². The number of alkyl halides is 1. The van der Waals surface area contributed by atoms with E-state index in [0.717, 1.165) is 19.3 Å². The van der Waals surface area contributed by atoms with Crippen molar-refractivity contribution in [3.63, 3.8) is 0 Å². The first-order valence-corrected chi connectivity index (χ1v) is 7.77. The number of nitrogens with zero attached hydrogens (tertiary/aromatic N) is 2. The van der Waals surface area contributed by atoms with Crippen molar-refractivity contribution in [2.24, 2.45) is 17.8 Å². The summed E-state index contributed by atoms with van der Waals surface area (Å²) in [5.41, 5.74) is -0.862. The average Bonchev–Trinajstić information content (AvgIpc) is 2.78. The molecule has 4 fully saturated rings. The van der Waals surface area contributed by atoms with Crippen LogP contribution in [0.25, 0.3) is 0 Å². The van der Waals surface area contributed by atoms with E-state index < -0.39 is 5.67 Å². The first-order chi connectivity index (χ1) is 9.52. The number of aryl methyl sites for hydroxylation is 1. The molecule has 3 atom stereocenters. The van der Waals surface area contributed by atoms with Gasteiger partial charge in [-0.1, -0.05) is 0 Å². The molecule has 4 bridgehead atoms. The van der Waals surface area contributed by atoms with E-state index in [0.29, 0.717) is 35.6 Å². The summed E-state index contributed by atoms with van der Waals surface area (Å²) in [6.45, 7) is 3.86. The predicted octanol–water partition coefficient (Wildman–Crippen LogP) is 2.95. The van der Waals surface area contributed by atoms with E-state index in [4.69, 9.17) is 4.42 Å². The fourth-order valence-corrected chi connectivity index (χ4v) is 5.04. The molecule has 0 saturated heterocycles. The Balaban J connectivity index is 1.50. The summed E-state index contributed by atoms with van der Waals surface area (Å²) < 4.78 is 20.2. The smallest absolute Gasteiger partial charge is 0.233 e. The van der Waals surface area contributed by atoms with Gasteiger partial charge < -0.3 is 9.73 Å². The van der Waals surface area contributed by atoms with E-state index in [1.807, 2.05) is 0 Å². The standard InChI is InChI=1S/C15H22FN3O/c1-8(14-19-18-9(2)20-14)17-13-11-3-10-4-12(13)7-15(16,5-10)6-11/h8,10-13,17H,3-7H2,1-2H3. The van der Waals surface area contributed by atoms with Gasteiger partial charge in [0.15, 0.2) is 0 Å². The van der Waals surface area contributed by atoms with Crippen LogP contribution in [-0.4, -0.2) is 21.9 Å². The molecule has 1 aromatic heterocycles. The lowest BCUT2D eigenvalue weighted by atomic mass is 9.53. The van der Waals surface area contributed by atoms with Crippen molar-refractivity contribution in [1.82, 2.24) is 15.5 Å². The van der Waals surface area contributed by atoms with Gasteiger partial charge in [0, 0.05) is 13.0 Å². The van der Waals surface area contributed by atoms with Crippen molar-refractivity contribution in [1.29, 1.82) is 0 Å². The third-order valence-electron chi connectivity index (χ3n) is 5.55. The Bertz CT molecular complexity index is 501. The van der Waals surface area contributed by atoms with Crippen LogP contribution in [0.2, 0.25) is 0 Å². The highest BCUT2D eigenvalue weighted by atomic mass is 19.1. The zero-order valence-corrected chi connectivity index (χ0v) is 12.1. The van der Waals surface area contributed by atoms with Gasteiger partial charge >= 0.3 is 0 Å². The molecular formula is C15H22FN3O. The first-order valence-electron chi connectivity index (χ1n) is 7.77. The molecule has 110 valence electrons. The first kappa shape index (κ1) is 12.7. The third kappa shape index (κ3) is 1.98. The maximum atomic E-state index is 14.7. The third-order valence-corrected chi connectivity index (χ3v) is 5.55. The van der Waals surface area contributed by atoms with Crippen molar-refractivity contribution in [2.45, 2.75) is 63.7 Å². The van der Waals surface area contributed by atoms with E-state index in [9.17, 15) is 4.39 Å². The number of aromatic nitrogens is 2. The summed E-state index contributed by atoms with van der Waals surface area (Å²) in [6, 6.07) is 0.465. The van der Waals surface area contributed by atoms with Crippen LogP contribution in [-0.2, 0) is 0 Å². The summed E-state index contributed by atoms with van der Waals surface area (Å²) in [5, 5.41) is 11.6. The average molecular weight is 279 g/mol. The number of nitrogens with one attached hydrogen (secondary N) is 1. The highest BCUT2D eigenvalue weighted by molar-refractivity contribution is 5.09. The molecule has 4 aliphatic carbocycles. The summed E-state index contributed by atoms with van der Waals surface area (Å²) in [4.78, 5) is 0. The van der Waals surface area contributed by atoms with Crippen LogP contribution in [0.4, 0.5) is 4.39 Å². The topological polar surface area (TPSA) is 51.0 Å². The minimum Gasteiger partial charge on any atom is -0.424 e. The maximum absolute atomic E-state index is 14.7. The zero-order chi connectivity index (χ0) is 13.9. The van der Waals surface area contributed by atoms with Crippen LogP contribution in [0.1, 0.15) is 56.9 Å². The SMILES string of the molecule is Cc1nnc(C(C)NC2C3CC4CC2CC(F)(C4)C3)o1. The van der Waals surface area contributed by atoms with Gasteiger partial charge in [0.05, 0.1) is 6.04 Å². The molecule has 1 aromatic rings. The summed E-state index contributed by atoms with van der Waals surface area (Å²) in [7, 11) is 0. The van der Waals surface area contributed by atoms with E-state index in [1.165, 1.54) is 12.8 Å². The minimum absolute atomic E-state index is 0.0503. The number of hydrogen-bond acceptors (Lipinski definition) is 4. The Hall–Kier alpha value is -0.970. The highest BCUT2D eigenvalue weighted by Gasteiger charge is 2.56. The molecule has 20 heavy (non-hydrogen) atoms. The molecule has 5 rings (SSSR count). The second-order valence-corrected chi connectivity index (χ2v) is 7.19. The van der Waals surface area contributed by atoms with E-state index >= 15 is 0 Å². The Kier molecular flexibility index (Phi) is 2.72. The van der Waals surface area contributed by atoms with E-state index in [2.05, 4.69) is 22.4 Å². The Morgan fingerprint density at radius 2 is 1.95 bits per heavy atom. The van der Waals surface area contributed by atoms with Crippen LogP contribution in [0.3, 0.4) is 0 Å². The van der Waals surface area contributed by atoms with Crippen LogP contribution in [0.15, 0.2) is 4.42 Å². The molecule has 1 N–H and O–H groups in total. The minimum atomic E-state index is -0.862. The fraction of sp³-hybridized carbons (Fsp3) is 0.867. The lowest BCUT2D eigenvalue weighted by Gasteiger charge is -2.57. The number of rotatable bonds is 3. The van der Waals surface area contributed by atoms with Gasteiger partial charge in [-0.2, -0.15) is 0 Å². The van der Waals surface area contributed by atoms with Gasteiger partial charge in [-0.05, 0) is 56.8 Å². The molecule has 4 aliphatic rings.